The molecular weight excluding hydrogens is 375 g/mol. The van der Waals surface area contributed by atoms with Crippen molar-refractivity contribution in [3.05, 3.63) is 0 Å². The van der Waals surface area contributed by atoms with E-state index in [1.807, 2.05) is 13.8 Å². The van der Waals surface area contributed by atoms with Crippen LogP contribution in [0.5, 0.6) is 0 Å². The van der Waals surface area contributed by atoms with Gasteiger partial charge in [-0.2, -0.15) is 0 Å². The molecule has 1 fully saturated rings. The summed E-state index contributed by atoms with van der Waals surface area (Å²) in [5.74, 6) is -0.968. The summed E-state index contributed by atoms with van der Waals surface area (Å²) in [6.45, 7) is 8.12. The maximum atomic E-state index is 12.5. The zero-order valence-corrected chi connectivity index (χ0v) is 16.8. The average molecular weight is 405 g/mol. The molecule has 1 rings (SSSR count). The fourth-order valence-electron chi connectivity index (χ4n) is 2.99. The quantitative estimate of drug-likeness (QED) is 0.569. The zero-order valence-electron chi connectivity index (χ0n) is 13.9. The van der Waals surface area contributed by atoms with E-state index >= 15 is 0 Å². The first-order valence-corrected chi connectivity index (χ1v) is 14.9. The second kappa shape index (κ2) is 9.01. The minimum atomic E-state index is -3.58. The van der Waals surface area contributed by atoms with Crippen LogP contribution >= 0.6 is 0 Å². The molecule has 21 heavy (non-hydrogen) atoms. The Bertz CT molecular complexity index is 322. The van der Waals surface area contributed by atoms with Crippen molar-refractivity contribution in [1.29, 1.82) is 0 Å². The predicted octanol–water partition coefficient (Wildman–Crippen LogP) is 4.18. The first-order valence-electron chi connectivity index (χ1n) is 8.49. The summed E-state index contributed by atoms with van der Waals surface area (Å²) < 4.78 is 13.5. The van der Waals surface area contributed by atoms with Crippen LogP contribution < -0.4 is 0 Å². The van der Waals surface area contributed by atoms with Crippen LogP contribution in [0.25, 0.3) is 0 Å². The van der Waals surface area contributed by atoms with Crippen molar-refractivity contribution >= 4 is 31.1 Å². The van der Waals surface area contributed by atoms with Gasteiger partial charge in [0.25, 0.3) is 0 Å². The van der Waals surface area contributed by atoms with Gasteiger partial charge in [0.05, 0.1) is 0 Å². The molecule has 0 aromatic rings. The van der Waals surface area contributed by atoms with E-state index in [2.05, 4.69) is 13.8 Å². The Balaban J connectivity index is 3.02. The molecule has 122 valence electrons. The third kappa shape index (κ3) is 4.86. The topological polar surface area (TPSA) is 52.6 Å². The van der Waals surface area contributed by atoms with Crippen LogP contribution in [-0.4, -0.2) is 31.1 Å². The fourth-order valence-corrected chi connectivity index (χ4v) is 13.0. The normalized spacial score (nSPS) is 25.1. The van der Waals surface area contributed by atoms with Crippen molar-refractivity contribution in [2.24, 2.45) is 11.8 Å². The summed E-state index contributed by atoms with van der Waals surface area (Å²) in [5, 5.41) is 0. The Kier molecular flexibility index (Phi) is 8.06. The molecule has 0 amide bonds. The minimum absolute atomic E-state index is 0.168. The van der Waals surface area contributed by atoms with Crippen LogP contribution in [-0.2, 0) is 15.7 Å². The number of carbonyl (C=O) groups is 2. The monoisotopic (exact) mass is 406 g/mol. The molecule has 0 N–H and O–H groups in total. The molecule has 1 aliphatic heterocycles. The molecule has 0 aromatic heterocycles. The maximum absolute atomic E-state index is 12.5. The summed E-state index contributed by atoms with van der Waals surface area (Å²) in [5.41, 5.74) is 0. The van der Waals surface area contributed by atoms with Gasteiger partial charge in [0.1, 0.15) is 0 Å². The third-order valence-corrected chi connectivity index (χ3v) is 14.0. The Morgan fingerprint density at radius 3 is 1.48 bits per heavy atom. The van der Waals surface area contributed by atoms with E-state index in [4.69, 9.17) is 6.15 Å². The van der Waals surface area contributed by atoms with Crippen molar-refractivity contribution in [3.8, 4) is 0 Å². The third-order valence-electron chi connectivity index (χ3n) is 4.37. The molecule has 1 aliphatic rings. The van der Waals surface area contributed by atoms with Crippen molar-refractivity contribution < 1.29 is 15.7 Å². The Labute approximate surface area is 133 Å². The molecule has 0 spiro atoms. The molecule has 0 radical (unpaired) electrons. The summed E-state index contributed by atoms with van der Waals surface area (Å²) in [4.78, 5) is 25.0. The summed E-state index contributed by atoms with van der Waals surface area (Å²) >= 11 is -3.58. The summed E-state index contributed by atoms with van der Waals surface area (Å²) in [7, 11) is 0. The van der Waals surface area contributed by atoms with Gasteiger partial charge in [0.2, 0.25) is 0 Å². The van der Waals surface area contributed by atoms with Gasteiger partial charge in [-0.05, 0) is 0 Å². The van der Waals surface area contributed by atoms with E-state index < -0.39 is 19.2 Å². The van der Waals surface area contributed by atoms with Crippen LogP contribution in [0.4, 0.5) is 0 Å². The second-order valence-electron chi connectivity index (χ2n) is 5.99. The molecule has 5 heteroatoms. The first-order chi connectivity index (χ1) is 10.0. The molecule has 0 aliphatic carbocycles. The number of carbonyl (C=O) groups excluding carboxylic acids is 2. The second-order valence-corrected chi connectivity index (χ2v) is 15.2. The van der Waals surface area contributed by atoms with Gasteiger partial charge < -0.3 is 0 Å². The van der Waals surface area contributed by atoms with E-state index in [1.165, 1.54) is 0 Å². The number of hydrogen-bond donors (Lipinski definition) is 0. The standard InChI is InChI=1S/C8H14O4.2C4H9.Sn/c1-3-5(7(9)10)6(4-2)8(11)12;2*1-3-4-2;/h5-6H,3-4H2,1-2H3,(H,9,10)(H,11,12);2*1,3-4H2,2H3;/q;;;+2/p-2. The molecule has 1 saturated heterocycles. The SMILES string of the molecule is CCC[CH2][Sn]1([CH2]CCC)[O]C(=O)C(CC)C(CC)C(=O)[O]1. The van der Waals surface area contributed by atoms with E-state index in [-0.39, 0.29) is 23.8 Å². The Hall–Kier alpha value is -0.261. The molecule has 0 aromatic carbocycles. The van der Waals surface area contributed by atoms with Crippen molar-refractivity contribution in [1.82, 2.24) is 0 Å². The number of hydrogen-bond acceptors (Lipinski definition) is 4. The zero-order chi connectivity index (χ0) is 15.9. The predicted molar refractivity (Wildman–Crippen MR) is 84.9 cm³/mol. The van der Waals surface area contributed by atoms with Crippen LogP contribution in [0.2, 0.25) is 8.87 Å². The summed E-state index contributed by atoms with van der Waals surface area (Å²) in [6, 6.07) is 0. The summed E-state index contributed by atoms with van der Waals surface area (Å²) in [6.07, 6.45) is 5.33. The van der Waals surface area contributed by atoms with Crippen molar-refractivity contribution in [2.45, 2.75) is 75.1 Å². The Morgan fingerprint density at radius 1 is 0.810 bits per heavy atom. The van der Waals surface area contributed by atoms with Crippen LogP contribution in [0.15, 0.2) is 0 Å². The average Bonchev–Trinajstić information content (AvgIpc) is 2.57. The van der Waals surface area contributed by atoms with Gasteiger partial charge in [-0.25, -0.2) is 0 Å². The van der Waals surface area contributed by atoms with Gasteiger partial charge >= 0.3 is 134 Å². The molecule has 1 heterocycles. The molecular formula is C16H30O4Sn. The Morgan fingerprint density at radius 2 is 1.19 bits per heavy atom. The number of rotatable bonds is 8. The molecule has 0 bridgehead atoms. The molecule has 0 saturated carbocycles. The van der Waals surface area contributed by atoms with E-state index in [9.17, 15) is 9.59 Å². The van der Waals surface area contributed by atoms with Gasteiger partial charge in [-0.3, -0.25) is 0 Å². The van der Waals surface area contributed by atoms with Crippen LogP contribution in [0.1, 0.15) is 66.2 Å². The van der Waals surface area contributed by atoms with Crippen molar-refractivity contribution in [2.75, 3.05) is 0 Å². The van der Waals surface area contributed by atoms with Gasteiger partial charge in [-0.1, -0.05) is 0 Å². The molecule has 2 unspecified atom stereocenters. The van der Waals surface area contributed by atoms with Crippen molar-refractivity contribution in [3.63, 3.8) is 0 Å². The number of unbranched alkanes of at least 4 members (excludes halogenated alkanes) is 2. The van der Waals surface area contributed by atoms with Gasteiger partial charge in [-0.15, -0.1) is 0 Å². The van der Waals surface area contributed by atoms with Gasteiger partial charge in [0, 0.05) is 0 Å². The molecule has 4 nitrogen and oxygen atoms in total. The fraction of sp³-hybridized carbons (Fsp3) is 0.875. The van der Waals surface area contributed by atoms with Crippen LogP contribution in [0, 0.1) is 11.8 Å². The van der Waals surface area contributed by atoms with E-state index in [1.54, 1.807) is 0 Å². The van der Waals surface area contributed by atoms with E-state index in [0.717, 1.165) is 34.6 Å². The van der Waals surface area contributed by atoms with Gasteiger partial charge in [0.15, 0.2) is 0 Å². The van der Waals surface area contributed by atoms with E-state index in [0.29, 0.717) is 12.8 Å². The first kappa shape index (κ1) is 18.8. The van der Waals surface area contributed by atoms with Crippen LogP contribution in [0.3, 0.4) is 0 Å². The molecule has 2 atom stereocenters.